The Morgan fingerprint density at radius 3 is 2.52 bits per heavy atom. The minimum atomic E-state index is -1.21. The summed E-state index contributed by atoms with van der Waals surface area (Å²) in [5.41, 5.74) is 5.46. The van der Waals surface area contributed by atoms with Gasteiger partial charge in [-0.25, -0.2) is 19.2 Å². The normalized spacial score (nSPS) is 13.7. The highest BCUT2D eigenvalue weighted by molar-refractivity contribution is 7.22. The zero-order valence-electron chi connectivity index (χ0n) is 30.9. The number of nitrogens with zero attached hydrogens (tertiary/aromatic N) is 2. The van der Waals surface area contributed by atoms with Gasteiger partial charge in [-0.3, -0.25) is 4.79 Å². The maximum absolute atomic E-state index is 14.2. The van der Waals surface area contributed by atoms with E-state index < -0.39 is 18.4 Å². The Labute approximate surface area is 332 Å². The average Bonchev–Trinajstić information content (AvgIpc) is 3.62. The van der Waals surface area contributed by atoms with Gasteiger partial charge in [-0.2, -0.15) is 0 Å². The van der Waals surface area contributed by atoms with Crippen LogP contribution in [0, 0.1) is 12.7 Å². The van der Waals surface area contributed by atoms with E-state index in [2.05, 4.69) is 9.97 Å². The number of rotatable bonds is 14. The molecule has 288 valence electrons. The van der Waals surface area contributed by atoms with Gasteiger partial charge in [0.25, 0.3) is 0 Å². The van der Waals surface area contributed by atoms with E-state index in [9.17, 15) is 14.0 Å². The van der Waals surface area contributed by atoms with Crippen molar-refractivity contribution in [1.29, 1.82) is 0 Å². The molecule has 1 aliphatic rings. The topological polar surface area (TPSA) is 115 Å². The first kappa shape index (κ1) is 38.9. The van der Waals surface area contributed by atoms with E-state index in [-0.39, 0.29) is 31.3 Å². The number of aldehydes is 1. The molecule has 1 atom stereocenters. The molecule has 6 aromatic rings. The van der Waals surface area contributed by atoms with E-state index in [0.717, 1.165) is 45.6 Å². The summed E-state index contributed by atoms with van der Waals surface area (Å²) in [6.07, 6.45) is 1.05. The molecule has 4 aromatic carbocycles. The van der Waals surface area contributed by atoms with Crippen LogP contribution in [0.3, 0.4) is 0 Å². The third kappa shape index (κ3) is 8.38. The summed E-state index contributed by atoms with van der Waals surface area (Å²) in [4.78, 5) is 36.1. The van der Waals surface area contributed by atoms with Crippen molar-refractivity contribution in [2.24, 2.45) is 0 Å². The maximum atomic E-state index is 14.2. The number of hydrogen-bond acceptors (Lipinski definition) is 11. The van der Waals surface area contributed by atoms with E-state index >= 15 is 0 Å². The van der Waals surface area contributed by atoms with Crippen molar-refractivity contribution in [3.8, 4) is 38.9 Å². The average molecular weight is 797 g/mol. The minimum absolute atomic E-state index is 0.0187. The Bertz CT molecular complexity index is 2350. The van der Waals surface area contributed by atoms with E-state index in [1.54, 1.807) is 44.4 Å². The number of benzene rings is 4. The van der Waals surface area contributed by atoms with Crippen molar-refractivity contribution in [2.45, 2.75) is 45.7 Å². The van der Waals surface area contributed by atoms with E-state index in [4.69, 9.17) is 40.0 Å². The monoisotopic (exact) mass is 796 g/mol. The van der Waals surface area contributed by atoms with Gasteiger partial charge in [0, 0.05) is 28.0 Å². The molecule has 2 aromatic heterocycles. The summed E-state index contributed by atoms with van der Waals surface area (Å²) in [6, 6.07) is 22.5. The maximum Gasteiger partial charge on any atom is 0.347 e. The smallest absolute Gasteiger partial charge is 0.347 e. The van der Waals surface area contributed by atoms with Gasteiger partial charge in [-0.1, -0.05) is 48.0 Å². The second-order valence-corrected chi connectivity index (χ2v) is 14.3. The predicted molar refractivity (Wildman–Crippen MR) is 211 cm³/mol. The van der Waals surface area contributed by atoms with Crippen LogP contribution in [-0.2, 0) is 32.0 Å². The van der Waals surface area contributed by atoms with Crippen LogP contribution >= 0.6 is 22.9 Å². The summed E-state index contributed by atoms with van der Waals surface area (Å²) in [5.74, 6) is 0.292. The lowest BCUT2D eigenvalue weighted by Gasteiger charge is -2.25. The van der Waals surface area contributed by atoms with Crippen molar-refractivity contribution >= 4 is 45.4 Å². The van der Waals surface area contributed by atoms with Gasteiger partial charge in [-0.15, -0.1) is 11.3 Å². The number of ether oxygens (including phenoxy) is 6. The fraction of sp³-hybridized carbons (Fsp3) is 0.256. The highest BCUT2D eigenvalue weighted by atomic mass is 35.5. The number of halogens is 2. The molecule has 0 N–H and O–H groups in total. The molecular formula is C43H38ClFN2O8S. The van der Waals surface area contributed by atoms with Crippen LogP contribution in [0.1, 0.15) is 52.2 Å². The molecule has 0 radical (unpaired) electrons. The zero-order chi connectivity index (χ0) is 39.2. The van der Waals surface area contributed by atoms with E-state index in [1.807, 2.05) is 43.3 Å². The number of fused-ring (bicyclic) bond motifs is 1. The van der Waals surface area contributed by atoms with Crippen LogP contribution in [0.4, 0.5) is 4.39 Å². The third-order valence-electron chi connectivity index (χ3n) is 9.31. The van der Waals surface area contributed by atoms with Gasteiger partial charge < -0.3 is 28.4 Å². The van der Waals surface area contributed by atoms with Crippen LogP contribution in [0.25, 0.3) is 31.8 Å². The van der Waals surface area contributed by atoms with Crippen LogP contribution in [0.2, 0.25) is 5.02 Å². The zero-order valence-corrected chi connectivity index (χ0v) is 32.5. The molecule has 1 fully saturated rings. The van der Waals surface area contributed by atoms with Crippen molar-refractivity contribution < 1.29 is 42.4 Å². The molecular weight excluding hydrogens is 759 g/mol. The van der Waals surface area contributed by atoms with Gasteiger partial charge in [0.1, 0.15) is 41.4 Å². The molecule has 3 heterocycles. The molecule has 0 bridgehead atoms. The first-order valence-electron chi connectivity index (χ1n) is 18.0. The van der Waals surface area contributed by atoms with Crippen LogP contribution in [0.5, 0.6) is 17.4 Å². The van der Waals surface area contributed by atoms with Crippen molar-refractivity contribution in [3.05, 3.63) is 124 Å². The Balaban J connectivity index is 1.31. The fourth-order valence-electron chi connectivity index (χ4n) is 6.48. The summed E-state index contributed by atoms with van der Waals surface area (Å²) in [7, 11) is 1.60. The Morgan fingerprint density at radius 2 is 1.80 bits per heavy atom. The second kappa shape index (κ2) is 17.6. The number of hydrogen-bond donors (Lipinski definition) is 0. The molecule has 0 saturated carbocycles. The first-order chi connectivity index (χ1) is 27.3. The standard InChI is InChI=1S/C43H38ClFN2O8S/c1-4-51-42(49)35(21-29-20-27(22-48)8-17-34(29)54-23-26-6-13-31(50-3)14-7-26)55-40-37-36(32-15-16-33(38(44)25(32)2)43-52-18-5-19-53-43)39(56-41(37)47-24-46-40)28-9-11-30(45)12-10-28/h6-17,20,22,24,35,43H,4-5,18-19,21,23H2,1-3H3/t35-/m1/s1. The van der Waals surface area contributed by atoms with Crippen molar-refractivity contribution in [1.82, 2.24) is 9.97 Å². The second-order valence-electron chi connectivity index (χ2n) is 12.9. The largest absolute Gasteiger partial charge is 0.497 e. The number of methoxy groups -OCH3 is 1. The number of carbonyl (C=O) groups excluding carboxylic acids is 2. The third-order valence-corrected chi connectivity index (χ3v) is 11.0. The molecule has 1 saturated heterocycles. The number of esters is 1. The summed E-state index contributed by atoms with van der Waals surface area (Å²) < 4.78 is 49.5. The molecule has 56 heavy (non-hydrogen) atoms. The summed E-state index contributed by atoms with van der Waals surface area (Å²) in [5, 5.41) is 1.00. The van der Waals surface area contributed by atoms with Gasteiger partial charge in [-0.05, 0) is 90.6 Å². The highest BCUT2D eigenvalue weighted by Crippen LogP contribution is 2.49. The highest BCUT2D eigenvalue weighted by Gasteiger charge is 2.30. The van der Waals surface area contributed by atoms with Crippen molar-refractivity contribution in [2.75, 3.05) is 26.9 Å². The number of thiophene rings is 1. The van der Waals surface area contributed by atoms with Crippen LogP contribution in [0.15, 0.2) is 85.2 Å². The SMILES string of the molecule is CCOC(=O)[C@@H](Cc1cc(C=O)ccc1OCc1ccc(OC)cc1)Oc1ncnc2sc(-c3ccc(F)cc3)c(-c3ccc(C4OCCCO4)c(Cl)c3C)c12. The fourth-order valence-corrected chi connectivity index (χ4v) is 7.89. The Hall–Kier alpha value is -5.40. The molecule has 0 spiro atoms. The van der Waals surface area contributed by atoms with Gasteiger partial charge in [0.2, 0.25) is 12.0 Å². The van der Waals surface area contributed by atoms with Crippen LogP contribution < -0.4 is 14.2 Å². The summed E-state index contributed by atoms with van der Waals surface area (Å²) >= 11 is 8.43. The molecule has 0 unspecified atom stereocenters. The van der Waals surface area contributed by atoms with Gasteiger partial charge >= 0.3 is 5.97 Å². The molecule has 13 heteroatoms. The Kier molecular flexibility index (Phi) is 12.2. The molecule has 0 amide bonds. The molecule has 1 aliphatic heterocycles. The Morgan fingerprint density at radius 1 is 1.04 bits per heavy atom. The molecule has 10 nitrogen and oxygen atoms in total. The summed E-state index contributed by atoms with van der Waals surface area (Å²) in [6.45, 7) is 5.05. The van der Waals surface area contributed by atoms with Gasteiger partial charge in [0.05, 0.1) is 37.3 Å². The number of aromatic nitrogens is 2. The lowest BCUT2D eigenvalue weighted by molar-refractivity contribution is -0.182. The first-order valence-corrected chi connectivity index (χ1v) is 19.2. The lowest BCUT2D eigenvalue weighted by atomic mass is 9.94. The molecule has 0 aliphatic carbocycles. The molecule has 7 rings (SSSR count). The number of carbonyl (C=O) groups is 2. The minimum Gasteiger partial charge on any atom is -0.497 e. The quantitative estimate of drug-likeness (QED) is 0.0780. The predicted octanol–water partition coefficient (Wildman–Crippen LogP) is 9.52. The van der Waals surface area contributed by atoms with E-state index in [0.29, 0.717) is 56.5 Å². The van der Waals surface area contributed by atoms with E-state index in [1.165, 1.54) is 29.8 Å². The van der Waals surface area contributed by atoms with Crippen molar-refractivity contribution in [3.63, 3.8) is 0 Å². The van der Waals surface area contributed by atoms with Gasteiger partial charge in [0.15, 0.2) is 6.29 Å². The lowest BCUT2D eigenvalue weighted by Crippen LogP contribution is -2.32. The van der Waals surface area contributed by atoms with Crippen LogP contribution in [-0.4, -0.2) is 55.3 Å².